The van der Waals surface area contributed by atoms with E-state index < -0.39 is 0 Å². The van der Waals surface area contributed by atoms with Gasteiger partial charge in [0, 0.05) is 4.91 Å². The quantitative estimate of drug-likeness (QED) is 0.366. The first-order valence-corrected chi connectivity index (χ1v) is 4.71. The highest BCUT2D eigenvalue weighted by atomic mass is 16.5. The average Bonchev–Trinajstić information content (AvgIpc) is 1.98. The van der Waals surface area contributed by atoms with Crippen LogP contribution in [-0.4, -0.2) is 11.8 Å². The van der Waals surface area contributed by atoms with Gasteiger partial charge in [0.05, 0.1) is 5.60 Å². The summed E-state index contributed by atoms with van der Waals surface area (Å²) in [6.07, 6.45) is 2.60. The van der Waals surface area contributed by atoms with Crippen molar-refractivity contribution < 1.29 is 4.74 Å². The van der Waals surface area contributed by atoms with E-state index in [0.717, 1.165) is 19.3 Å². The third-order valence-corrected chi connectivity index (χ3v) is 1.47. The third kappa shape index (κ3) is 7.62. The molecule has 0 bridgehead atoms. The van der Waals surface area contributed by atoms with Crippen LogP contribution in [0.5, 0.6) is 0 Å². The summed E-state index contributed by atoms with van der Waals surface area (Å²) >= 11 is 0. The Balaban J connectivity index is 4.02. The van der Waals surface area contributed by atoms with Crippen LogP contribution in [0.3, 0.4) is 0 Å². The highest BCUT2D eigenvalue weighted by Crippen LogP contribution is 2.16. The van der Waals surface area contributed by atoms with E-state index in [0.29, 0.717) is 0 Å². The van der Waals surface area contributed by atoms with Crippen molar-refractivity contribution in [3.8, 4) is 0 Å². The zero-order chi connectivity index (χ0) is 10.3. The Morgan fingerprint density at radius 3 is 2.46 bits per heavy atom. The topological polar surface area (TPSA) is 58.0 Å². The van der Waals surface area contributed by atoms with Crippen molar-refractivity contribution in [1.29, 1.82) is 0 Å². The minimum atomic E-state index is -0.315. The van der Waals surface area contributed by atoms with Crippen molar-refractivity contribution in [2.24, 2.45) is 5.11 Å². The Kier molecular flexibility index (Phi) is 5.51. The van der Waals surface area contributed by atoms with Crippen LogP contribution in [0.4, 0.5) is 0 Å². The van der Waals surface area contributed by atoms with E-state index in [4.69, 9.17) is 10.3 Å². The molecule has 0 aromatic heterocycles. The molecule has 0 saturated heterocycles. The van der Waals surface area contributed by atoms with Gasteiger partial charge in [0.2, 0.25) is 0 Å². The van der Waals surface area contributed by atoms with Crippen LogP contribution in [0.2, 0.25) is 0 Å². The second kappa shape index (κ2) is 5.84. The molecule has 0 spiro atoms. The van der Waals surface area contributed by atoms with Gasteiger partial charge in [-0.05, 0) is 32.7 Å². The molecular weight excluding hydrogens is 166 g/mol. The molecule has 1 atom stereocenters. The first kappa shape index (κ1) is 12.3. The molecule has 4 heteroatoms. The molecule has 0 aliphatic carbocycles. The fourth-order valence-electron chi connectivity index (χ4n) is 0.985. The number of unbranched alkanes of at least 4 members (excludes halogenated alkanes) is 1. The standard InChI is InChI=1S/C9H19N3O/c1-5-6-7-8(11-12-10)13-9(2,3)4/h8H,5-7H2,1-4H3. The van der Waals surface area contributed by atoms with E-state index >= 15 is 0 Å². The van der Waals surface area contributed by atoms with Gasteiger partial charge in [-0.1, -0.05) is 24.9 Å². The molecule has 0 saturated carbocycles. The highest BCUT2D eigenvalue weighted by molar-refractivity contribution is 4.65. The van der Waals surface area contributed by atoms with E-state index in [1.54, 1.807) is 0 Å². The lowest BCUT2D eigenvalue weighted by Crippen LogP contribution is -2.25. The van der Waals surface area contributed by atoms with E-state index in [1.165, 1.54) is 0 Å². The van der Waals surface area contributed by atoms with Crippen LogP contribution in [0.1, 0.15) is 47.0 Å². The Morgan fingerprint density at radius 2 is 2.08 bits per heavy atom. The third-order valence-electron chi connectivity index (χ3n) is 1.47. The molecule has 0 fully saturated rings. The zero-order valence-corrected chi connectivity index (χ0v) is 8.95. The van der Waals surface area contributed by atoms with Crippen molar-refractivity contribution in [1.82, 2.24) is 0 Å². The summed E-state index contributed by atoms with van der Waals surface area (Å²) in [4.78, 5) is 2.77. The Bertz CT molecular complexity index is 180. The Labute approximate surface area is 79.9 Å². The Morgan fingerprint density at radius 1 is 1.46 bits per heavy atom. The minimum Gasteiger partial charge on any atom is -0.367 e. The summed E-state index contributed by atoms with van der Waals surface area (Å²) in [5.41, 5.74) is 8.07. The molecule has 0 aromatic rings. The molecule has 13 heavy (non-hydrogen) atoms. The monoisotopic (exact) mass is 185 g/mol. The van der Waals surface area contributed by atoms with Gasteiger partial charge in [0.25, 0.3) is 0 Å². The predicted molar refractivity (Wildman–Crippen MR) is 53.3 cm³/mol. The molecule has 0 amide bonds. The minimum absolute atomic E-state index is 0.243. The molecule has 0 N–H and O–H groups in total. The molecule has 0 aliphatic rings. The summed E-state index contributed by atoms with van der Waals surface area (Å²) < 4.78 is 5.56. The highest BCUT2D eigenvalue weighted by Gasteiger charge is 2.16. The van der Waals surface area contributed by atoms with Gasteiger partial charge in [-0.2, -0.15) is 0 Å². The van der Waals surface area contributed by atoms with Gasteiger partial charge >= 0.3 is 0 Å². The molecule has 1 unspecified atom stereocenters. The van der Waals surface area contributed by atoms with Crippen molar-refractivity contribution in [3.05, 3.63) is 10.4 Å². The van der Waals surface area contributed by atoms with Crippen molar-refractivity contribution >= 4 is 0 Å². The SMILES string of the molecule is CCCCC(N=[N+]=[N-])OC(C)(C)C. The summed E-state index contributed by atoms with van der Waals surface area (Å²) in [7, 11) is 0. The van der Waals surface area contributed by atoms with Gasteiger partial charge in [-0.15, -0.1) is 0 Å². The maximum Gasteiger partial charge on any atom is 0.137 e. The van der Waals surface area contributed by atoms with Gasteiger partial charge in [0.15, 0.2) is 0 Å². The van der Waals surface area contributed by atoms with Gasteiger partial charge < -0.3 is 4.74 Å². The number of hydrogen-bond donors (Lipinski definition) is 0. The van der Waals surface area contributed by atoms with Crippen LogP contribution < -0.4 is 0 Å². The lowest BCUT2D eigenvalue weighted by molar-refractivity contribution is -0.0601. The van der Waals surface area contributed by atoms with Crippen LogP contribution in [0.15, 0.2) is 5.11 Å². The normalized spacial score (nSPS) is 13.5. The average molecular weight is 185 g/mol. The smallest absolute Gasteiger partial charge is 0.137 e. The molecule has 0 rings (SSSR count). The summed E-state index contributed by atoms with van der Waals surface area (Å²) in [6.45, 7) is 7.97. The first-order valence-electron chi connectivity index (χ1n) is 4.71. The lowest BCUT2D eigenvalue weighted by atomic mass is 10.2. The molecule has 76 valence electrons. The van der Waals surface area contributed by atoms with E-state index in [2.05, 4.69) is 16.9 Å². The first-order chi connectivity index (χ1) is 5.99. The maximum atomic E-state index is 8.31. The molecule has 0 aromatic carbocycles. The molecule has 0 radical (unpaired) electrons. The van der Waals surface area contributed by atoms with E-state index in [9.17, 15) is 0 Å². The van der Waals surface area contributed by atoms with Gasteiger partial charge in [0.1, 0.15) is 6.23 Å². The zero-order valence-electron chi connectivity index (χ0n) is 8.95. The fraction of sp³-hybridized carbons (Fsp3) is 1.00. The van der Waals surface area contributed by atoms with Crippen LogP contribution in [0.25, 0.3) is 10.4 Å². The number of rotatable bonds is 5. The lowest BCUT2D eigenvalue weighted by Gasteiger charge is -2.24. The van der Waals surface area contributed by atoms with Crippen molar-refractivity contribution in [3.63, 3.8) is 0 Å². The number of azide groups is 1. The fourth-order valence-corrected chi connectivity index (χ4v) is 0.985. The number of hydrogen-bond acceptors (Lipinski definition) is 2. The van der Waals surface area contributed by atoms with Crippen LogP contribution >= 0.6 is 0 Å². The second-order valence-electron chi connectivity index (χ2n) is 4.03. The second-order valence-corrected chi connectivity index (χ2v) is 4.03. The number of ether oxygens (including phenoxy) is 1. The molecule has 4 nitrogen and oxygen atoms in total. The van der Waals surface area contributed by atoms with Gasteiger partial charge in [-0.3, -0.25) is 0 Å². The summed E-state index contributed by atoms with van der Waals surface area (Å²) in [6, 6.07) is 0. The van der Waals surface area contributed by atoms with E-state index in [1.807, 2.05) is 20.8 Å². The van der Waals surface area contributed by atoms with Crippen LogP contribution in [0, 0.1) is 0 Å². The number of nitrogens with zero attached hydrogens (tertiary/aromatic N) is 3. The molecule has 0 heterocycles. The van der Waals surface area contributed by atoms with Crippen molar-refractivity contribution in [2.45, 2.75) is 58.8 Å². The van der Waals surface area contributed by atoms with Crippen LogP contribution in [-0.2, 0) is 4.74 Å². The maximum absolute atomic E-state index is 8.31. The Hall–Kier alpha value is -0.730. The van der Waals surface area contributed by atoms with E-state index in [-0.39, 0.29) is 11.8 Å². The molecule has 0 aliphatic heterocycles. The summed E-state index contributed by atoms with van der Waals surface area (Å²) in [5, 5.41) is 3.61. The van der Waals surface area contributed by atoms with Crippen molar-refractivity contribution in [2.75, 3.05) is 0 Å². The summed E-state index contributed by atoms with van der Waals surface area (Å²) in [5.74, 6) is 0. The largest absolute Gasteiger partial charge is 0.367 e. The predicted octanol–water partition coefficient (Wildman–Crippen LogP) is 3.63. The van der Waals surface area contributed by atoms with Gasteiger partial charge in [-0.25, -0.2) is 0 Å². The molecular formula is C9H19N3O.